The molecule has 6 heteroatoms. The third-order valence-electron chi connectivity index (χ3n) is 2.43. The summed E-state index contributed by atoms with van der Waals surface area (Å²) in [6, 6.07) is 3.72. The van der Waals surface area contributed by atoms with E-state index in [-0.39, 0.29) is 15.6 Å². The molecular weight excluding hydrogens is 274 g/mol. The lowest BCUT2D eigenvalue weighted by molar-refractivity contribution is 0.589. The van der Waals surface area contributed by atoms with Gasteiger partial charge in [0.05, 0.1) is 16.1 Å². The van der Waals surface area contributed by atoms with Crippen LogP contribution in [0.15, 0.2) is 18.2 Å². The Balaban J connectivity index is 2.62. The first kappa shape index (κ1) is 13.0. The first-order chi connectivity index (χ1) is 8.54. The molecule has 2 nitrogen and oxygen atoms in total. The molecule has 0 fully saturated rings. The normalized spacial score (nSPS) is 10.6. The maximum atomic E-state index is 13.6. The standard InChI is InChI=1S/C12H10F2N2S2/c1-2-8-10(11(15)17)18-12(16-8)9-6(13)4-3-5-7(9)14/h3-5H,2H2,1H3,(H2,15,17). The van der Waals surface area contributed by atoms with Crippen LogP contribution in [0.2, 0.25) is 0 Å². The van der Waals surface area contributed by atoms with E-state index in [2.05, 4.69) is 4.98 Å². The molecule has 2 rings (SSSR count). The third-order valence-corrected chi connectivity index (χ3v) is 3.91. The van der Waals surface area contributed by atoms with Crippen molar-refractivity contribution in [2.24, 2.45) is 5.73 Å². The lowest BCUT2D eigenvalue weighted by atomic mass is 10.2. The van der Waals surface area contributed by atoms with E-state index in [1.807, 2.05) is 6.92 Å². The summed E-state index contributed by atoms with van der Waals surface area (Å²) < 4.78 is 27.3. The second-order valence-corrected chi connectivity index (χ2v) is 5.05. The molecular formula is C12H10F2N2S2. The van der Waals surface area contributed by atoms with Crippen molar-refractivity contribution in [3.8, 4) is 10.6 Å². The molecule has 0 aliphatic heterocycles. The van der Waals surface area contributed by atoms with E-state index in [4.69, 9.17) is 18.0 Å². The van der Waals surface area contributed by atoms with Gasteiger partial charge in [0.1, 0.15) is 21.6 Å². The predicted octanol–water partition coefficient (Wildman–Crippen LogP) is 3.28. The second kappa shape index (κ2) is 5.07. The highest BCUT2D eigenvalue weighted by atomic mass is 32.1. The van der Waals surface area contributed by atoms with Crippen molar-refractivity contribution in [1.29, 1.82) is 0 Å². The van der Waals surface area contributed by atoms with Gasteiger partial charge in [-0.25, -0.2) is 13.8 Å². The van der Waals surface area contributed by atoms with E-state index in [9.17, 15) is 8.78 Å². The molecule has 0 bridgehead atoms. The zero-order valence-electron chi connectivity index (χ0n) is 9.54. The van der Waals surface area contributed by atoms with Crippen molar-refractivity contribution in [3.05, 3.63) is 40.4 Å². The van der Waals surface area contributed by atoms with Gasteiger partial charge in [0.15, 0.2) is 0 Å². The SMILES string of the molecule is CCc1nc(-c2c(F)cccc2F)sc1C(N)=S. The van der Waals surface area contributed by atoms with Crippen LogP contribution in [0.25, 0.3) is 10.6 Å². The molecule has 0 atom stereocenters. The van der Waals surface area contributed by atoms with Crippen molar-refractivity contribution in [3.63, 3.8) is 0 Å². The van der Waals surface area contributed by atoms with Crippen LogP contribution in [-0.4, -0.2) is 9.97 Å². The van der Waals surface area contributed by atoms with Gasteiger partial charge in [-0.3, -0.25) is 0 Å². The van der Waals surface area contributed by atoms with E-state index < -0.39 is 11.6 Å². The molecule has 0 radical (unpaired) electrons. The van der Waals surface area contributed by atoms with Crippen molar-refractivity contribution >= 4 is 28.5 Å². The fourth-order valence-electron chi connectivity index (χ4n) is 1.59. The van der Waals surface area contributed by atoms with Gasteiger partial charge in [0.2, 0.25) is 0 Å². The van der Waals surface area contributed by atoms with Crippen molar-refractivity contribution in [2.45, 2.75) is 13.3 Å². The van der Waals surface area contributed by atoms with Crippen LogP contribution in [0.3, 0.4) is 0 Å². The fraction of sp³-hybridized carbons (Fsp3) is 0.167. The number of thiazole rings is 1. The molecule has 1 heterocycles. The number of benzene rings is 1. The van der Waals surface area contributed by atoms with E-state index in [1.165, 1.54) is 18.2 Å². The van der Waals surface area contributed by atoms with Crippen LogP contribution in [0.4, 0.5) is 8.78 Å². The average Bonchev–Trinajstić information content (AvgIpc) is 2.73. The number of hydrogen-bond donors (Lipinski definition) is 1. The number of rotatable bonds is 3. The molecule has 0 amide bonds. The quantitative estimate of drug-likeness (QED) is 0.879. The minimum absolute atomic E-state index is 0.125. The lowest BCUT2D eigenvalue weighted by Crippen LogP contribution is -2.09. The molecule has 0 aliphatic rings. The van der Waals surface area contributed by atoms with Crippen LogP contribution in [-0.2, 0) is 6.42 Å². The zero-order valence-corrected chi connectivity index (χ0v) is 11.2. The largest absolute Gasteiger partial charge is 0.389 e. The molecule has 94 valence electrons. The number of nitrogens with two attached hydrogens (primary N) is 1. The fourth-order valence-corrected chi connectivity index (χ4v) is 2.89. The molecule has 1 aromatic carbocycles. The summed E-state index contributed by atoms with van der Waals surface area (Å²) >= 11 is 6.02. The van der Waals surface area contributed by atoms with Crippen molar-refractivity contribution < 1.29 is 8.78 Å². The number of thiocarbonyl (C=S) groups is 1. The summed E-state index contributed by atoms with van der Waals surface area (Å²) in [4.78, 5) is 5.03. The minimum Gasteiger partial charge on any atom is -0.389 e. The molecule has 0 unspecified atom stereocenters. The number of nitrogens with zero attached hydrogens (tertiary/aromatic N) is 1. The predicted molar refractivity (Wildman–Crippen MR) is 72.7 cm³/mol. The van der Waals surface area contributed by atoms with Gasteiger partial charge < -0.3 is 5.73 Å². The Hall–Kier alpha value is -1.40. The van der Waals surface area contributed by atoms with E-state index >= 15 is 0 Å². The summed E-state index contributed by atoms with van der Waals surface area (Å²) in [5.41, 5.74) is 6.12. The Morgan fingerprint density at radius 3 is 2.44 bits per heavy atom. The summed E-state index contributed by atoms with van der Waals surface area (Å²) in [6.07, 6.45) is 0.610. The number of aryl methyl sites for hydroxylation is 1. The van der Waals surface area contributed by atoms with Crippen molar-refractivity contribution in [1.82, 2.24) is 4.98 Å². The first-order valence-electron chi connectivity index (χ1n) is 5.28. The maximum Gasteiger partial charge on any atom is 0.136 e. The van der Waals surface area contributed by atoms with Crippen LogP contribution in [0, 0.1) is 11.6 Å². The first-order valence-corrected chi connectivity index (χ1v) is 6.51. The molecule has 2 aromatic rings. The molecule has 0 aliphatic carbocycles. The zero-order chi connectivity index (χ0) is 13.3. The third kappa shape index (κ3) is 2.26. The van der Waals surface area contributed by atoms with Gasteiger partial charge in [0, 0.05) is 0 Å². The van der Waals surface area contributed by atoms with Gasteiger partial charge in [-0.05, 0) is 18.6 Å². The highest BCUT2D eigenvalue weighted by molar-refractivity contribution is 7.81. The highest BCUT2D eigenvalue weighted by Crippen LogP contribution is 2.32. The maximum absolute atomic E-state index is 13.6. The van der Waals surface area contributed by atoms with Gasteiger partial charge in [0.25, 0.3) is 0 Å². The monoisotopic (exact) mass is 284 g/mol. The minimum atomic E-state index is -0.638. The number of hydrogen-bond acceptors (Lipinski definition) is 3. The van der Waals surface area contributed by atoms with Crippen LogP contribution in [0.5, 0.6) is 0 Å². The summed E-state index contributed by atoms with van der Waals surface area (Å²) in [7, 11) is 0. The smallest absolute Gasteiger partial charge is 0.136 e. The Labute approximate surface area is 112 Å². The molecule has 18 heavy (non-hydrogen) atoms. The molecule has 1 aromatic heterocycles. The van der Waals surface area contributed by atoms with Gasteiger partial charge in [-0.15, -0.1) is 11.3 Å². The molecule has 0 saturated carbocycles. The number of halogens is 2. The van der Waals surface area contributed by atoms with Gasteiger partial charge in [-0.1, -0.05) is 25.2 Å². The topological polar surface area (TPSA) is 38.9 Å². The van der Waals surface area contributed by atoms with E-state index in [0.29, 0.717) is 17.0 Å². The Morgan fingerprint density at radius 2 is 2.00 bits per heavy atom. The second-order valence-electron chi connectivity index (χ2n) is 3.61. The average molecular weight is 284 g/mol. The highest BCUT2D eigenvalue weighted by Gasteiger charge is 2.18. The Bertz CT molecular complexity index is 588. The van der Waals surface area contributed by atoms with Crippen LogP contribution in [0.1, 0.15) is 17.5 Å². The van der Waals surface area contributed by atoms with Crippen molar-refractivity contribution in [2.75, 3.05) is 0 Å². The molecule has 0 saturated heterocycles. The van der Waals surface area contributed by atoms with Crippen LogP contribution >= 0.6 is 23.6 Å². The van der Waals surface area contributed by atoms with Gasteiger partial charge >= 0.3 is 0 Å². The Kier molecular flexibility index (Phi) is 3.68. The van der Waals surface area contributed by atoms with Crippen LogP contribution < -0.4 is 5.73 Å². The van der Waals surface area contributed by atoms with E-state index in [0.717, 1.165) is 11.3 Å². The molecule has 0 spiro atoms. The number of aromatic nitrogens is 1. The summed E-state index contributed by atoms with van der Waals surface area (Å²) in [5.74, 6) is -1.28. The summed E-state index contributed by atoms with van der Waals surface area (Å²) in [5, 5.41) is 0.269. The lowest BCUT2D eigenvalue weighted by Gasteiger charge is -1.99. The van der Waals surface area contributed by atoms with Gasteiger partial charge in [-0.2, -0.15) is 0 Å². The summed E-state index contributed by atoms with van der Waals surface area (Å²) in [6.45, 7) is 1.89. The molecule has 2 N–H and O–H groups in total. The van der Waals surface area contributed by atoms with E-state index in [1.54, 1.807) is 0 Å². The Morgan fingerprint density at radius 1 is 1.39 bits per heavy atom.